The Morgan fingerprint density at radius 2 is 1.90 bits per heavy atom. The molecule has 0 aliphatic heterocycles. The van der Waals surface area contributed by atoms with Crippen LogP contribution in [0.3, 0.4) is 0 Å². The highest BCUT2D eigenvalue weighted by atomic mass is 16.5. The van der Waals surface area contributed by atoms with E-state index in [9.17, 15) is 14.7 Å². The quantitative estimate of drug-likeness (QED) is 0.869. The number of aliphatic carboxylic acids is 1. The van der Waals surface area contributed by atoms with E-state index in [1.165, 1.54) is 6.92 Å². The maximum Gasteiger partial charge on any atom is 0.314 e. The van der Waals surface area contributed by atoms with Gasteiger partial charge in [-0.05, 0) is 28.8 Å². The van der Waals surface area contributed by atoms with Crippen LogP contribution in [0, 0.1) is 6.92 Å². The van der Waals surface area contributed by atoms with E-state index in [4.69, 9.17) is 4.74 Å². The third-order valence-corrected chi connectivity index (χ3v) is 3.29. The summed E-state index contributed by atoms with van der Waals surface area (Å²) in [6.45, 7) is 2.99. The van der Waals surface area contributed by atoms with E-state index in [1.807, 2.05) is 43.3 Å². The molecule has 20 heavy (non-hydrogen) atoms. The van der Waals surface area contributed by atoms with Gasteiger partial charge in [-0.2, -0.15) is 0 Å². The summed E-state index contributed by atoms with van der Waals surface area (Å²) in [7, 11) is 0. The number of esters is 1. The second-order valence-corrected chi connectivity index (χ2v) is 4.71. The number of hydrogen-bond donors (Lipinski definition) is 1. The molecule has 4 nitrogen and oxygen atoms in total. The van der Waals surface area contributed by atoms with Gasteiger partial charge < -0.3 is 9.84 Å². The molecule has 104 valence electrons. The zero-order valence-corrected chi connectivity index (χ0v) is 11.4. The number of ether oxygens (including phenoxy) is 1. The van der Waals surface area contributed by atoms with Crippen molar-refractivity contribution in [3.8, 4) is 0 Å². The number of hydrogen-bond acceptors (Lipinski definition) is 3. The van der Waals surface area contributed by atoms with Gasteiger partial charge in [-0.15, -0.1) is 0 Å². The monoisotopic (exact) mass is 272 g/mol. The van der Waals surface area contributed by atoms with Gasteiger partial charge in [0, 0.05) is 6.92 Å². The molecular weight excluding hydrogens is 256 g/mol. The van der Waals surface area contributed by atoms with E-state index < -0.39 is 17.9 Å². The first kappa shape index (κ1) is 14.1. The lowest BCUT2D eigenvalue weighted by molar-refractivity contribution is -0.146. The molecule has 0 radical (unpaired) electrons. The number of carboxylic acids is 1. The summed E-state index contributed by atoms with van der Waals surface area (Å²) in [6, 6.07) is 11.4. The third-order valence-electron chi connectivity index (χ3n) is 3.29. The summed E-state index contributed by atoms with van der Waals surface area (Å²) in [5, 5.41) is 11.3. The SMILES string of the molecule is CC(=O)OCC(C(=O)O)c1c(C)ccc2ccccc12. The second-order valence-electron chi connectivity index (χ2n) is 4.71. The van der Waals surface area contributed by atoms with Crippen LogP contribution in [-0.2, 0) is 14.3 Å². The fourth-order valence-corrected chi connectivity index (χ4v) is 2.35. The average Bonchev–Trinajstić information content (AvgIpc) is 2.40. The first-order chi connectivity index (χ1) is 9.50. The Hall–Kier alpha value is -2.36. The summed E-state index contributed by atoms with van der Waals surface area (Å²) in [4.78, 5) is 22.5. The van der Waals surface area contributed by atoms with Gasteiger partial charge in [0.15, 0.2) is 0 Å². The van der Waals surface area contributed by atoms with Crippen molar-refractivity contribution < 1.29 is 19.4 Å². The first-order valence-corrected chi connectivity index (χ1v) is 6.35. The molecular formula is C16H16O4. The van der Waals surface area contributed by atoms with E-state index in [2.05, 4.69) is 0 Å². The van der Waals surface area contributed by atoms with Crippen LogP contribution < -0.4 is 0 Å². The van der Waals surface area contributed by atoms with Crippen molar-refractivity contribution in [3.63, 3.8) is 0 Å². The molecule has 4 heteroatoms. The molecule has 1 N–H and O–H groups in total. The van der Waals surface area contributed by atoms with Gasteiger partial charge in [0.1, 0.15) is 12.5 Å². The second kappa shape index (κ2) is 5.74. The van der Waals surface area contributed by atoms with Gasteiger partial charge in [0.05, 0.1) is 0 Å². The molecule has 0 heterocycles. The van der Waals surface area contributed by atoms with Crippen molar-refractivity contribution in [2.75, 3.05) is 6.61 Å². The van der Waals surface area contributed by atoms with Gasteiger partial charge in [0.2, 0.25) is 0 Å². The van der Waals surface area contributed by atoms with Crippen LogP contribution in [0.1, 0.15) is 24.0 Å². The predicted molar refractivity (Wildman–Crippen MR) is 75.7 cm³/mol. The summed E-state index contributed by atoms with van der Waals surface area (Å²) in [5.41, 5.74) is 1.58. The highest BCUT2D eigenvalue weighted by molar-refractivity contribution is 5.92. The van der Waals surface area contributed by atoms with E-state index in [-0.39, 0.29) is 6.61 Å². The minimum Gasteiger partial charge on any atom is -0.481 e. The van der Waals surface area contributed by atoms with Crippen LogP contribution in [0.25, 0.3) is 10.8 Å². The highest BCUT2D eigenvalue weighted by Crippen LogP contribution is 2.29. The fraction of sp³-hybridized carbons (Fsp3) is 0.250. The number of fused-ring (bicyclic) bond motifs is 1. The molecule has 2 aromatic carbocycles. The summed E-state index contributed by atoms with van der Waals surface area (Å²) in [5.74, 6) is -2.33. The van der Waals surface area contributed by atoms with Crippen molar-refractivity contribution >= 4 is 22.7 Å². The maximum atomic E-state index is 11.5. The van der Waals surface area contributed by atoms with Gasteiger partial charge in [0.25, 0.3) is 0 Å². The Balaban J connectivity index is 2.54. The van der Waals surface area contributed by atoms with Crippen molar-refractivity contribution in [3.05, 3.63) is 47.5 Å². The molecule has 0 aromatic heterocycles. The molecule has 0 fully saturated rings. The molecule has 1 unspecified atom stereocenters. The molecule has 0 saturated carbocycles. The van der Waals surface area contributed by atoms with Gasteiger partial charge in [-0.25, -0.2) is 0 Å². The Morgan fingerprint density at radius 3 is 2.55 bits per heavy atom. The zero-order chi connectivity index (χ0) is 14.7. The van der Waals surface area contributed by atoms with Crippen LogP contribution in [-0.4, -0.2) is 23.7 Å². The molecule has 0 spiro atoms. The number of carbonyl (C=O) groups excluding carboxylic acids is 1. The third kappa shape index (κ3) is 2.79. The van der Waals surface area contributed by atoms with Crippen molar-refractivity contribution in [2.45, 2.75) is 19.8 Å². The minimum absolute atomic E-state index is 0.153. The molecule has 0 amide bonds. The van der Waals surface area contributed by atoms with E-state index in [0.29, 0.717) is 5.56 Å². The molecule has 2 rings (SSSR count). The molecule has 0 aliphatic carbocycles. The van der Waals surface area contributed by atoms with Gasteiger partial charge >= 0.3 is 11.9 Å². The van der Waals surface area contributed by atoms with Crippen molar-refractivity contribution in [1.82, 2.24) is 0 Å². The van der Waals surface area contributed by atoms with Gasteiger partial charge in [-0.1, -0.05) is 36.4 Å². The lowest BCUT2D eigenvalue weighted by atomic mass is 9.90. The highest BCUT2D eigenvalue weighted by Gasteiger charge is 2.25. The topological polar surface area (TPSA) is 63.6 Å². The molecule has 2 aromatic rings. The number of benzene rings is 2. The number of carboxylic acid groups (broad SMARTS) is 1. The minimum atomic E-state index is -0.995. The summed E-state index contributed by atoms with van der Waals surface area (Å²) in [6.07, 6.45) is 0. The van der Waals surface area contributed by atoms with Crippen LogP contribution in [0.5, 0.6) is 0 Å². The van der Waals surface area contributed by atoms with Crippen LogP contribution >= 0.6 is 0 Å². The van der Waals surface area contributed by atoms with E-state index in [1.54, 1.807) is 0 Å². The van der Waals surface area contributed by atoms with Gasteiger partial charge in [-0.3, -0.25) is 9.59 Å². The Bertz CT molecular complexity index is 661. The summed E-state index contributed by atoms with van der Waals surface area (Å²) >= 11 is 0. The maximum absolute atomic E-state index is 11.5. The standard InChI is InChI=1S/C16H16O4/c1-10-7-8-12-5-3-4-6-13(12)15(10)14(16(18)19)9-20-11(2)17/h3-8,14H,9H2,1-2H3,(H,18,19). The Labute approximate surface area is 117 Å². The smallest absolute Gasteiger partial charge is 0.314 e. The number of aryl methyl sites for hydroxylation is 1. The normalized spacial score (nSPS) is 12.1. The molecule has 0 saturated heterocycles. The zero-order valence-electron chi connectivity index (χ0n) is 11.4. The first-order valence-electron chi connectivity index (χ1n) is 6.35. The van der Waals surface area contributed by atoms with Crippen LogP contribution in [0.15, 0.2) is 36.4 Å². The van der Waals surface area contributed by atoms with E-state index >= 15 is 0 Å². The molecule has 0 aliphatic rings. The van der Waals surface area contributed by atoms with Crippen molar-refractivity contribution in [2.24, 2.45) is 0 Å². The van der Waals surface area contributed by atoms with Crippen LogP contribution in [0.4, 0.5) is 0 Å². The number of rotatable bonds is 4. The lowest BCUT2D eigenvalue weighted by Gasteiger charge is -2.17. The Morgan fingerprint density at radius 1 is 1.20 bits per heavy atom. The lowest BCUT2D eigenvalue weighted by Crippen LogP contribution is -2.20. The fourth-order valence-electron chi connectivity index (χ4n) is 2.35. The van der Waals surface area contributed by atoms with Crippen molar-refractivity contribution in [1.29, 1.82) is 0 Å². The molecule has 1 atom stereocenters. The largest absolute Gasteiger partial charge is 0.481 e. The van der Waals surface area contributed by atoms with Crippen LogP contribution in [0.2, 0.25) is 0 Å². The average molecular weight is 272 g/mol. The van der Waals surface area contributed by atoms with E-state index in [0.717, 1.165) is 16.3 Å². The molecule has 0 bridgehead atoms. The predicted octanol–water partition coefficient (Wildman–Crippen LogP) is 2.88. The Kier molecular flexibility index (Phi) is 4.03. The number of carbonyl (C=O) groups is 2. The summed E-state index contributed by atoms with van der Waals surface area (Å²) < 4.78 is 4.90.